The maximum atomic E-state index is 9.54. The van der Waals surface area contributed by atoms with Crippen molar-refractivity contribution < 1.29 is 0 Å². The number of hydrogen-bond acceptors (Lipinski definition) is 6. The lowest BCUT2D eigenvalue weighted by Gasteiger charge is -2.26. The van der Waals surface area contributed by atoms with E-state index >= 15 is 0 Å². The Bertz CT molecular complexity index is 771. The third kappa shape index (κ3) is 2.77. The summed E-state index contributed by atoms with van der Waals surface area (Å²) in [5.74, 6) is 2.41. The van der Waals surface area contributed by atoms with Crippen LogP contribution >= 0.6 is 0 Å². The van der Waals surface area contributed by atoms with Crippen LogP contribution in [0.1, 0.15) is 41.3 Å². The molecule has 0 radical (unpaired) electrons. The van der Waals surface area contributed by atoms with E-state index in [2.05, 4.69) is 31.2 Å². The zero-order chi connectivity index (χ0) is 16.6. The summed E-state index contributed by atoms with van der Waals surface area (Å²) in [5, 5.41) is 22.5. The van der Waals surface area contributed by atoms with E-state index in [9.17, 15) is 5.26 Å². The van der Waals surface area contributed by atoms with E-state index < -0.39 is 0 Å². The first-order chi connectivity index (χ1) is 11.0. The smallest absolute Gasteiger partial charge is 0.169 e. The molecule has 0 aliphatic carbocycles. The van der Waals surface area contributed by atoms with E-state index in [0.717, 1.165) is 48.8 Å². The van der Waals surface area contributed by atoms with Gasteiger partial charge in [-0.2, -0.15) is 15.5 Å². The summed E-state index contributed by atoms with van der Waals surface area (Å²) >= 11 is 0. The first-order valence-corrected chi connectivity index (χ1v) is 7.90. The molecule has 1 saturated heterocycles. The lowest BCUT2D eigenvalue weighted by molar-refractivity contribution is 0.494. The van der Waals surface area contributed by atoms with Gasteiger partial charge in [0, 0.05) is 6.54 Å². The van der Waals surface area contributed by atoms with Crippen molar-refractivity contribution in [2.45, 2.75) is 53.1 Å². The van der Waals surface area contributed by atoms with E-state index in [1.807, 2.05) is 32.4 Å². The number of rotatable bonds is 3. The quantitative estimate of drug-likeness (QED) is 0.860. The van der Waals surface area contributed by atoms with Crippen LogP contribution in [-0.2, 0) is 6.54 Å². The Morgan fingerprint density at radius 3 is 2.65 bits per heavy atom. The second-order valence-corrected chi connectivity index (χ2v) is 6.10. The number of aromatic nitrogens is 5. The highest BCUT2D eigenvalue weighted by molar-refractivity contribution is 5.58. The van der Waals surface area contributed by atoms with E-state index in [1.54, 1.807) is 0 Å². The molecule has 1 aliphatic heterocycles. The van der Waals surface area contributed by atoms with Crippen molar-refractivity contribution in [2.24, 2.45) is 0 Å². The molecule has 1 fully saturated rings. The van der Waals surface area contributed by atoms with Gasteiger partial charge in [-0.1, -0.05) is 0 Å². The summed E-state index contributed by atoms with van der Waals surface area (Å²) in [6, 6.07) is 2.56. The highest BCUT2D eigenvalue weighted by Gasteiger charge is 2.29. The van der Waals surface area contributed by atoms with Crippen molar-refractivity contribution in [2.75, 3.05) is 11.4 Å². The van der Waals surface area contributed by atoms with Gasteiger partial charge in [-0.05, 0) is 46.1 Å². The van der Waals surface area contributed by atoms with Crippen molar-refractivity contribution in [3.05, 3.63) is 28.5 Å². The van der Waals surface area contributed by atoms with E-state index in [1.165, 1.54) is 0 Å². The van der Waals surface area contributed by atoms with Crippen molar-refractivity contribution in [3.8, 4) is 6.07 Å². The monoisotopic (exact) mass is 311 g/mol. The maximum Gasteiger partial charge on any atom is 0.169 e. The van der Waals surface area contributed by atoms with Crippen LogP contribution in [0.2, 0.25) is 0 Å². The summed E-state index contributed by atoms with van der Waals surface area (Å²) in [6.07, 6.45) is 2.13. The Labute approximate surface area is 136 Å². The van der Waals surface area contributed by atoms with Gasteiger partial charge in [-0.25, -0.2) is 9.67 Å². The molecule has 3 heterocycles. The van der Waals surface area contributed by atoms with Crippen molar-refractivity contribution in [3.63, 3.8) is 0 Å². The molecule has 1 aliphatic rings. The van der Waals surface area contributed by atoms with Crippen LogP contribution in [0, 0.1) is 39.0 Å². The van der Waals surface area contributed by atoms with E-state index in [-0.39, 0.29) is 6.04 Å². The van der Waals surface area contributed by atoms with Crippen molar-refractivity contribution in [1.29, 1.82) is 5.26 Å². The zero-order valence-electron chi connectivity index (χ0n) is 14.0. The van der Waals surface area contributed by atoms with E-state index in [4.69, 9.17) is 0 Å². The average molecular weight is 311 g/mol. The standard InChI is InChI=1S/C16H21N7/c1-10-11(2)19-20-16(15(10)8-17)22-7-5-6-14(22)9-23-13(4)18-12(3)21-23/h14H,5-7,9H2,1-4H3/t14-/m1/s1. The van der Waals surface area contributed by atoms with Crippen LogP contribution < -0.4 is 4.90 Å². The first kappa shape index (κ1) is 15.4. The zero-order valence-corrected chi connectivity index (χ0v) is 14.0. The molecule has 0 N–H and O–H groups in total. The SMILES string of the molecule is Cc1nc(C)n(C[C@H]2CCCN2c2nnc(C)c(C)c2C#N)n1. The van der Waals surface area contributed by atoms with Gasteiger partial charge in [-0.15, -0.1) is 5.10 Å². The number of nitrogens with zero attached hydrogens (tertiary/aromatic N) is 7. The minimum absolute atomic E-state index is 0.262. The summed E-state index contributed by atoms with van der Waals surface area (Å²) in [6.45, 7) is 9.34. The Morgan fingerprint density at radius 1 is 1.22 bits per heavy atom. The van der Waals surface area contributed by atoms with Crippen molar-refractivity contribution >= 4 is 5.82 Å². The van der Waals surface area contributed by atoms with Crippen molar-refractivity contribution in [1.82, 2.24) is 25.0 Å². The predicted octanol–water partition coefficient (Wildman–Crippen LogP) is 1.84. The van der Waals surface area contributed by atoms with Gasteiger partial charge in [0.1, 0.15) is 23.3 Å². The van der Waals surface area contributed by atoms with E-state index in [0.29, 0.717) is 11.4 Å². The Kier molecular flexibility index (Phi) is 3.99. The fraction of sp³-hybridized carbons (Fsp3) is 0.562. The number of anilines is 1. The summed E-state index contributed by atoms with van der Waals surface area (Å²) in [7, 11) is 0. The fourth-order valence-corrected chi connectivity index (χ4v) is 3.17. The molecule has 0 amide bonds. The van der Waals surface area contributed by atoms with Crippen LogP contribution in [0.4, 0.5) is 5.82 Å². The number of hydrogen-bond donors (Lipinski definition) is 0. The predicted molar refractivity (Wildman–Crippen MR) is 86.1 cm³/mol. The highest BCUT2D eigenvalue weighted by Crippen LogP contribution is 2.29. The second-order valence-electron chi connectivity index (χ2n) is 6.10. The molecule has 23 heavy (non-hydrogen) atoms. The topological polar surface area (TPSA) is 83.5 Å². The first-order valence-electron chi connectivity index (χ1n) is 7.90. The molecule has 120 valence electrons. The molecule has 0 unspecified atom stereocenters. The summed E-state index contributed by atoms with van der Waals surface area (Å²) in [5.41, 5.74) is 2.36. The molecule has 2 aromatic rings. The third-order valence-corrected chi connectivity index (χ3v) is 4.54. The van der Waals surface area contributed by atoms with Crippen LogP contribution in [-0.4, -0.2) is 37.5 Å². The minimum atomic E-state index is 0.262. The summed E-state index contributed by atoms with van der Waals surface area (Å²) in [4.78, 5) is 6.57. The molecule has 7 heteroatoms. The highest BCUT2D eigenvalue weighted by atomic mass is 15.4. The number of aryl methyl sites for hydroxylation is 3. The molecule has 0 bridgehead atoms. The van der Waals surface area contributed by atoms with Gasteiger partial charge in [-0.3, -0.25) is 0 Å². The Balaban J connectivity index is 1.92. The molecule has 0 spiro atoms. The Morgan fingerprint density at radius 2 is 2.00 bits per heavy atom. The molecular weight excluding hydrogens is 290 g/mol. The maximum absolute atomic E-state index is 9.54. The lowest BCUT2D eigenvalue weighted by Crippen LogP contribution is -2.35. The third-order valence-electron chi connectivity index (χ3n) is 4.54. The fourth-order valence-electron chi connectivity index (χ4n) is 3.17. The van der Waals surface area contributed by atoms with Gasteiger partial charge in [0.25, 0.3) is 0 Å². The molecule has 1 atom stereocenters. The molecular formula is C16H21N7. The molecule has 3 rings (SSSR count). The van der Waals surface area contributed by atoms with Gasteiger partial charge in [0.2, 0.25) is 0 Å². The molecule has 0 saturated carbocycles. The van der Waals surface area contributed by atoms with Gasteiger partial charge in [0.05, 0.1) is 18.3 Å². The normalized spacial score (nSPS) is 17.5. The lowest BCUT2D eigenvalue weighted by atomic mass is 10.1. The van der Waals surface area contributed by atoms with Gasteiger partial charge in [0.15, 0.2) is 5.82 Å². The van der Waals surface area contributed by atoms with Crippen LogP contribution in [0.5, 0.6) is 0 Å². The Hall–Kier alpha value is -2.49. The molecule has 7 nitrogen and oxygen atoms in total. The minimum Gasteiger partial charge on any atom is -0.349 e. The van der Waals surface area contributed by atoms with Crippen LogP contribution in [0.15, 0.2) is 0 Å². The second kappa shape index (κ2) is 5.95. The molecule has 0 aromatic carbocycles. The van der Waals surface area contributed by atoms with Crippen LogP contribution in [0.3, 0.4) is 0 Å². The summed E-state index contributed by atoms with van der Waals surface area (Å²) < 4.78 is 1.94. The number of nitriles is 1. The average Bonchev–Trinajstić information content (AvgIpc) is 3.09. The van der Waals surface area contributed by atoms with Crippen LogP contribution in [0.25, 0.3) is 0 Å². The molecule has 2 aromatic heterocycles. The van der Waals surface area contributed by atoms with Gasteiger partial charge < -0.3 is 4.90 Å². The largest absolute Gasteiger partial charge is 0.349 e. The van der Waals surface area contributed by atoms with Gasteiger partial charge >= 0.3 is 0 Å².